The second-order valence-electron chi connectivity index (χ2n) is 4.62. The van der Waals surface area contributed by atoms with Crippen LogP contribution in [0.1, 0.15) is 19.4 Å². The van der Waals surface area contributed by atoms with E-state index in [4.69, 9.17) is 11.6 Å². The zero-order chi connectivity index (χ0) is 14.1. The van der Waals surface area contributed by atoms with Crippen molar-refractivity contribution in [3.8, 4) is 0 Å². The minimum Gasteiger partial charge on any atom is -0.298 e. The van der Waals surface area contributed by atoms with Crippen LogP contribution in [0.5, 0.6) is 0 Å². The maximum absolute atomic E-state index is 13.0. The minimum atomic E-state index is -3.53. The molecule has 0 saturated carbocycles. The van der Waals surface area contributed by atoms with E-state index in [1.165, 1.54) is 26.0 Å². The molecule has 0 aliphatic rings. The first-order valence-electron chi connectivity index (χ1n) is 5.22. The lowest BCUT2D eigenvalue weighted by Crippen LogP contribution is -2.41. The number of ketones is 1. The Bertz CT molecular complexity index is 579. The summed E-state index contributed by atoms with van der Waals surface area (Å²) in [5.74, 6) is -1.03. The molecule has 0 aliphatic heterocycles. The van der Waals surface area contributed by atoms with Gasteiger partial charge in [-0.05, 0) is 37.6 Å². The van der Waals surface area contributed by atoms with Crippen molar-refractivity contribution in [2.75, 3.05) is 6.26 Å². The maximum atomic E-state index is 13.0. The molecule has 0 aliphatic carbocycles. The number of sulfone groups is 1. The van der Waals surface area contributed by atoms with Crippen molar-refractivity contribution in [3.05, 3.63) is 34.6 Å². The second-order valence-corrected chi connectivity index (χ2v) is 7.59. The van der Waals surface area contributed by atoms with Crippen LogP contribution in [0.25, 0.3) is 0 Å². The monoisotopic (exact) mass is 292 g/mol. The zero-order valence-electron chi connectivity index (χ0n) is 10.3. The Kier molecular flexibility index (Phi) is 4.18. The van der Waals surface area contributed by atoms with Crippen molar-refractivity contribution in [3.63, 3.8) is 0 Å². The molecule has 0 bridgehead atoms. The van der Waals surface area contributed by atoms with Gasteiger partial charge in [-0.1, -0.05) is 11.6 Å². The molecule has 1 aromatic carbocycles. The van der Waals surface area contributed by atoms with Gasteiger partial charge < -0.3 is 0 Å². The number of benzene rings is 1. The molecule has 0 radical (unpaired) electrons. The van der Waals surface area contributed by atoms with Crippen LogP contribution in [0.15, 0.2) is 18.2 Å². The quantitative estimate of drug-likeness (QED) is 0.856. The number of Topliss-reactive ketones (excluding diaryl/α,β-unsaturated/α-hetero) is 1. The highest BCUT2D eigenvalue weighted by atomic mass is 35.5. The van der Waals surface area contributed by atoms with Gasteiger partial charge in [0.25, 0.3) is 0 Å². The van der Waals surface area contributed by atoms with E-state index in [1.807, 2.05) is 0 Å². The first kappa shape index (κ1) is 15.1. The molecule has 6 heteroatoms. The molecule has 0 spiro atoms. The third kappa shape index (κ3) is 3.09. The van der Waals surface area contributed by atoms with E-state index in [9.17, 15) is 17.6 Å². The SMILES string of the molecule is CC(C)(C(=O)Cc1cc(F)ccc1Cl)S(C)(=O)=O. The highest BCUT2D eigenvalue weighted by Gasteiger charge is 2.37. The Morgan fingerprint density at radius 2 is 1.94 bits per heavy atom. The average molecular weight is 293 g/mol. The minimum absolute atomic E-state index is 0.212. The van der Waals surface area contributed by atoms with Gasteiger partial charge in [0.15, 0.2) is 15.6 Å². The number of carbonyl (C=O) groups is 1. The third-order valence-electron chi connectivity index (χ3n) is 2.96. The summed E-state index contributed by atoms with van der Waals surface area (Å²) < 4.78 is 34.5. The highest BCUT2D eigenvalue weighted by Crippen LogP contribution is 2.23. The molecule has 0 atom stereocenters. The molecule has 0 heterocycles. The average Bonchev–Trinajstić information content (AvgIpc) is 2.21. The standard InChI is InChI=1S/C12H14ClFO3S/c1-12(2,18(3,16)17)11(15)7-8-6-9(14)4-5-10(8)13/h4-6H,7H2,1-3H3. The van der Waals surface area contributed by atoms with Crippen molar-refractivity contribution in [1.29, 1.82) is 0 Å². The van der Waals surface area contributed by atoms with Crippen molar-refractivity contribution in [1.82, 2.24) is 0 Å². The number of halogens is 2. The molecule has 100 valence electrons. The topological polar surface area (TPSA) is 51.2 Å². The summed E-state index contributed by atoms with van der Waals surface area (Å²) in [6, 6.07) is 3.66. The fourth-order valence-corrected chi connectivity index (χ4v) is 1.94. The van der Waals surface area contributed by atoms with Crippen LogP contribution in [0.3, 0.4) is 0 Å². The highest BCUT2D eigenvalue weighted by molar-refractivity contribution is 7.92. The van der Waals surface area contributed by atoms with E-state index in [-0.39, 0.29) is 11.4 Å². The molecule has 0 unspecified atom stereocenters. The van der Waals surface area contributed by atoms with Crippen LogP contribution in [0.2, 0.25) is 5.02 Å². The molecule has 0 aromatic heterocycles. The Morgan fingerprint density at radius 3 is 2.44 bits per heavy atom. The van der Waals surface area contributed by atoms with Gasteiger partial charge in [0.05, 0.1) is 0 Å². The summed E-state index contributed by atoms with van der Waals surface area (Å²) in [6.45, 7) is 2.66. The summed E-state index contributed by atoms with van der Waals surface area (Å²) in [6.07, 6.45) is 0.786. The van der Waals surface area contributed by atoms with E-state index in [0.717, 1.165) is 12.3 Å². The normalized spacial score (nSPS) is 12.5. The number of hydrogen-bond acceptors (Lipinski definition) is 3. The van der Waals surface area contributed by atoms with E-state index in [1.54, 1.807) is 0 Å². The van der Waals surface area contributed by atoms with Crippen LogP contribution in [-0.2, 0) is 21.1 Å². The summed E-state index contributed by atoms with van der Waals surface area (Å²) in [5.41, 5.74) is 0.290. The van der Waals surface area contributed by atoms with Crippen molar-refractivity contribution in [2.45, 2.75) is 25.0 Å². The summed E-state index contributed by atoms with van der Waals surface area (Å²) >= 11 is 5.84. The maximum Gasteiger partial charge on any atom is 0.159 e. The first-order chi connectivity index (χ1) is 8.05. The van der Waals surface area contributed by atoms with Gasteiger partial charge in [0, 0.05) is 17.7 Å². The van der Waals surface area contributed by atoms with Gasteiger partial charge in [0.1, 0.15) is 10.6 Å². The Morgan fingerprint density at radius 1 is 1.39 bits per heavy atom. The van der Waals surface area contributed by atoms with Crippen LogP contribution < -0.4 is 0 Å². The molecule has 1 rings (SSSR count). The molecule has 0 fully saturated rings. The lowest BCUT2D eigenvalue weighted by Gasteiger charge is -2.21. The fraction of sp³-hybridized carbons (Fsp3) is 0.417. The van der Waals surface area contributed by atoms with Gasteiger partial charge in [0.2, 0.25) is 0 Å². The van der Waals surface area contributed by atoms with Gasteiger partial charge in [-0.25, -0.2) is 12.8 Å². The molecule has 1 aromatic rings. The number of carbonyl (C=O) groups excluding carboxylic acids is 1. The molecule has 3 nitrogen and oxygen atoms in total. The second kappa shape index (κ2) is 4.97. The van der Waals surface area contributed by atoms with E-state index < -0.39 is 26.2 Å². The van der Waals surface area contributed by atoms with Crippen LogP contribution in [0.4, 0.5) is 4.39 Å². The first-order valence-corrected chi connectivity index (χ1v) is 7.49. The summed E-state index contributed by atoms with van der Waals surface area (Å²) in [4.78, 5) is 12.0. The van der Waals surface area contributed by atoms with Gasteiger partial charge in [-0.2, -0.15) is 0 Å². The lowest BCUT2D eigenvalue weighted by molar-refractivity contribution is -0.120. The van der Waals surface area contributed by atoms with Gasteiger partial charge >= 0.3 is 0 Å². The third-order valence-corrected chi connectivity index (χ3v) is 5.41. The van der Waals surface area contributed by atoms with E-state index >= 15 is 0 Å². The fourth-order valence-electron chi connectivity index (χ4n) is 1.27. The number of hydrogen-bond donors (Lipinski definition) is 0. The smallest absolute Gasteiger partial charge is 0.159 e. The molecular formula is C12H14ClFO3S. The zero-order valence-corrected chi connectivity index (χ0v) is 11.9. The van der Waals surface area contributed by atoms with Crippen molar-refractivity contribution < 1.29 is 17.6 Å². The summed E-state index contributed by atoms with van der Waals surface area (Å²) in [7, 11) is -3.53. The Labute approximate surface area is 111 Å². The van der Waals surface area contributed by atoms with Crippen LogP contribution in [0, 0.1) is 5.82 Å². The predicted molar refractivity (Wildman–Crippen MR) is 69.0 cm³/mol. The largest absolute Gasteiger partial charge is 0.298 e. The van der Waals surface area contributed by atoms with Crippen molar-refractivity contribution in [2.24, 2.45) is 0 Å². The lowest BCUT2D eigenvalue weighted by atomic mass is 10.00. The molecular weight excluding hydrogens is 279 g/mol. The van der Waals surface area contributed by atoms with E-state index in [2.05, 4.69) is 0 Å². The van der Waals surface area contributed by atoms with Crippen LogP contribution in [-0.4, -0.2) is 25.2 Å². The van der Waals surface area contributed by atoms with Crippen molar-refractivity contribution >= 4 is 27.2 Å². The van der Waals surface area contributed by atoms with Gasteiger partial charge in [-0.15, -0.1) is 0 Å². The van der Waals surface area contributed by atoms with Gasteiger partial charge in [-0.3, -0.25) is 4.79 Å². The molecule has 18 heavy (non-hydrogen) atoms. The molecule has 0 saturated heterocycles. The van der Waals surface area contributed by atoms with Crippen LogP contribution >= 0.6 is 11.6 Å². The molecule has 0 amide bonds. The number of rotatable bonds is 4. The Hall–Kier alpha value is -0.940. The van der Waals surface area contributed by atoms with E-state index in [0.29, 0.717) is 5.56 Å². The predicted octanol–water partition coefficient (Wildman–Crippen LogP) is 2.41. The molecule has 0 N–H and O–H groups in total. The summed E-state index contributed by atoms with van der Waals surface area (Å²) in [5, 5.41) is 0.244. The Balaban J connectivity index is 3.06.